The third-order valence-corrected chi connectivity index (χ3v) is 11.2. The van der Waals surface area contributed by atoms with Crippen LogP contribution in [0.15, 0.2) is 140 Å². The van der Waals surface area contributed by atoms with E-state index in [1.807, 2.05) is 22.7 Å². The average Bonchev–Trinajstić information content (AvgIpc) is 3.63. The van der Waals surface area contributed by atoms with Crippen molar-refractivity contribution >= 4 is 81.2 Å². The maximum Gasteiger partial charge on any atom is 0.0567 e. The van der Waals surface area contributed by atoms with E-state index < -0.39 is 0 Å². The number of hydrogen-bond acceptors (Lipinski definition) is 3. The minimum absolute atomic E-state index is 0.204. The van der Waals surface area contributed by atoms with Gasteiger partial charge in [-0.05, 0) is 82.4 Å². The fourth-order valence-electron chi connectivity index (χ4n) is 6.76. The minimum atomic E-state index is 0.204. The van der Waals surface area contributed by atoms with E-state index in [0.29, 0.717) is 0 Å². The van der Waals surface area contributed by atoms with Crippen molar-refractivity contribution < 1.29 is 0 Å². The van der Waals surface area contributed by atoms with Crippen LogP contribution in [0.3, 0.4) is 0 Å². The topological polar surface area (TPSA) is 3.24 Å². The standard InChI is InChI=1S/C40H27NS2/c1-2-10-31-27(8-1)9-7-13-36(31)41(30-21-23-40-35(25-30)33-12-4-6-15-38(33)43-40)29-19-16-26(17-20-29)28-18-22-39-34(24-28)32-11-3-5-14-37(32)42-39/h1-24,30H,25H2. The molecule has 0 amide bonds. The number of benzene rings is 6. The van der Waals surface area contributed by atoms with Crippen LogP contribution in [0.4, 0.5) is 11.4 Å². The predicted octanol–water partition coefficient (Wildman–Crippen LogP) is 11.9. The molecule has 1 unspecified atom stereocenters. The van der Waals surface area contributed by atoms with Crippen molar-refractivity contribution in [1.82, 2.24) is 0 Å². The Labute approximate surface area is 258 Å². The quantitative estimate of drug-likeness (QED) is 0.199. The fraction of sp³-hybridized carbons (Fsp3) is 0.0500. The number of fused-ring (bicyclic) bond motifs is 7. The summed E-state index contributed by atoms with van der Waals surface area (Å²) in [6, 6.07) is 49.3. The monoisotopic (exact) mass is 585 g/mol. The maximum atomic E-state index is 2.55. The molecule has 0 N–H and O–H groups in total. The van der Waals surface area contributed by atoms with Crippen LogP contribution >= 0.6 is 22.7 Å². The Hall–Kier alpha value is -4.70. The summed E-state index contributed by atoms with van der Waals surface area (Å²) in [5.74, 6) is 0. The normalized spacial score (nSPS) is 14.6. The van der Waals surface area contributed by atoms with E-state index in [2.05, 4.69) is 151 Å². The van der Waals surface area contributed by atoms with Gasteiger partial charge in [0.05, 0.1) is 6.04 Å². The number of thiophene rings is 2. The average molecular weight is 586 g/mol. The summed E-state index contributed by atoms with van der Waals surface area (Å²) in [4.78, 5) is 3.94. The van der Waals surface area contributed by atoms with Crippen LogP contribution in [0.5, 0.6) is 0 Å². The molecule has 1 aliphatic carbocycles. The Morgan fingerprint density at radius 1 is 0.535 bits per heavy atom. The number of hydrogen-bond donors (Lipinski definition) is 0. The highest BCUT2D eigenvalue weighted by atomic mass is 32.1. The summed E-state index contributed by atoms with van der Waals surface area (Å²) in [5, 5.41) is 6.61. The first kappa shape index (κ1) is 24.9. The fourth-order valence-corrected chi connectivity index (χ4v) is 9.00. The van der Waals surface area contributed by atoms with E-state index in [0.717, 1.165) is 6.42 Å². The van der Waals surface area contributed by atoms with Crippen LogP contribution < -0.4 is 4.90 Å². The molecule has 8 aromatic rings. The second-order valence-corrected chi connectivity index (χ2v) is 13.5. The second kappa shape index (κ2) is 9.95. The van der Waals surface area contributed by atoms with Crippen molar-refractivity contribution in [2.45, 2.75) is 12.5 Å². The Kier molecular flexibility index (Phi) is 5.75. The lowest BCUT2D eigenvalue weighted by Crippen LogP contribution is -2.32. The second-order valence-electron chi connectivity index (χ2n) is 11.3. The van der Waals surface area contributed by atoms with Crippen molar-refractivity contribution in [3.8, 4) is 11.1 Å². The summed E-state index contributed by atoms with van der Waals surface area (Å²) in [7, 11) is 0. The molecule has 204 valence electrons. The third kappa shape index (κ3) is 4.11. The molecule has 0 saturated heterocycles. The van der Waals surface area contributed by atoms with Gasteiger partial charge in [0.25, 0.3) is 0 Å². The summed E-state index contributed by atoms with van der Waals surface area (Å²) >= 11 is 3.77. The molecular weight excluding hydrogens is 559 g/mol. The van der Waals surface area contributed by atoms with Crippen molar-refractivity contribution in [3.05, 3.63) is 150 Å². The number of rotatable bonds is 4. The molecule has 3 heteroatoms. The molecule has 1 aliphatic rings. The Morgan fingerprint density at radius 2 is 1.21 bits per heavy atom. The van der Waals surface area contributed by atoms with Gasteiger partial charge in [-0.15, -0.1) is 22.7 Å². The lowest BCUT2D eigenvalue weighted by Gasteiger charge is -2.35. The highest BCUT2D eigenvalue weighted by molar-refractivity contribution is 7.25. The van der Waals surface area contributed by atoms with E-state index in [1.54, 1.807) is 0 Å². The molecule has 0 fully saturated rings. The first-order chi connectivity index (χ1) is 21.3. The van der Waals surface area contributed by atoms with Crippen molar-refractivity contribution in [2.24, 2.45) is 0 Å². The SMILES string of the molecule is C1=CC(N(c2ccc(-c3ccc4sc5ccccc5c4c3)cc2)c2cccc3ccccc23)Cc2c1sc1ccccc21. The molecule has 1 nitrogen and oxygen atoms in total. The molecule has 2 aromatic heterocycles. The van der Waals surface area contributed by atoms with Gasteiger partial charge < -0.3 is 4.90 Å². The van der Waals surface area contributed by atoms with Gasteiger partial charge in [-0.3, -0.25) is 0 Å². The lowest BCUT2D eigenvalue weighted by atomic mass is 9.94. The number of nitrogens with zero attached hydrogens (tertiary/aromatic N) is 1. The van der Waals surface area contributed by atoms with Gasteiger partial charge in [-0.25, -0.2) is 0 Å². The van der Waals surface area contributed by atoms with Gasteiger partial charge in [-0.2, -0.15) is 0 Å². The summed E-state index contributed by atoms with van der Waals surface area (Å²) in [6.07, 6.45) is 5.73. The summed E-state index contributed by atoms with van der Waals surface area (Å²) in [6.45, 7) is 0. The summed E-state index contributed by atoms with van der Waals surface area (Å²) < 4.78 is 4.06. The minimum Gasteiger partial charge on any atom is -0.334 e. The molecular formula is C40H27NS2. The molecule has 0 spiro atoms. The molecule has 0 aliphatic heterocycles. The highest BCUT2D eigenvalue weighted by Gasteiger charge is 2.26. The molecule has 9 rings (SSSR count). The zero-order valence-corrected chi connectivity index (χ0v) is 25.0. The van der Waals surface area contributed by atoms with Crippen LogP contribution in [-0.2, 0) is 6.42 Å². The Morgan fingerprint density at radius 3 is 2.07 bits per heavy atom. The third-order valence-electron chi connectivity index (χ3n) is 8.83. The molecule has 6 aromatic carbocycles. The van der Waals surface area contributed by atoms with Gasteiger partial charge in [0.15, 0.2) is 0 Å². The highest BCUT2D eigenvalue weighted by Crippen LogP contribution is 2.42. The van der Waals surface area contributed by atoms with E-state index in [-0.39, 0.29) is 6.04 Å². The molecule has 2 heterocycles. The van der Waals surface area contributed by atoms with E-state index >= 15 is 0 Å². The lowest BCUT2D eigenvalue weighted by molar-refractivity contribution is 0.775. The first-order valence-corrected chi connectivity index (χ1v) is 16.4. The van der Waals surface area contributed by atoms with Gasteiger partial charge in [0, 0.05) is 46.5 Å². The van der Waals surface area contributed by atoms with Crippen LogP contribution in [0.1, 0.15) is 10.4 Å². The Balaban J connectivity index is 1.15. The predicted molar refractivity (Wildman–Crippen MR) is 189 cm³/mol. The van der Waals surface area contributed by atoms with E-state index in [9.17, 15) is 0 Å². The van der Waals surface area contributed by atoms with Crippen LogP contribution in [0.25, 0.3) is 58.2 Å². The van der Waals surface area contributed by atoms with Crippen molar-refractivity contribution in [1.29, 1.82) is 0 Å². The zero-order valence-electron chi connectivity index (χ0n) is 23.4. The zero-order chi connectivity index (χ0) is 28.3. The van der Waals surface area contributed by atoms with Gasteiger partial charge in [0.1, 0.15) is 0 Å². The van der Waals surface area contributed by atoms with Crippen molar-refractivity contribution in [2.75, 3.05) is 4.90 Å². The smallest absolute Gasteiger partial charge is 0.0567 e. The number of anilines is 2. The largest absolute Gasteiger partial charge is 0.334 e. The molecule has 0 radical (unpaired) electrons. The summed E-state index contributed by atoms with van der Waals surface area (Å²) in [5.41, 5.74) is 6.41. The first-order valence-electron chi connectivity index (χ1n) is 14.8. The molecule has 1 atom stereocenters. The van der Waals surface area contributed by atoms with Gasteiger partial charge in [-0.1, -0.05) is 97.1 Å². The van der Waals surface area contributed by atoms with Gasteiger partial charge in [0.2, 0.25) is 0 Å². The molecule has 0 saturated carbocycles. The van der Waals surface area contributed by atoms with Crippen LogP contribution in [0.2, 0.25) is 0 Å². The van der Waals surface area contributed by atoms with Crippen molar-refractivity contribution in [3.63, 3.8) is 0 Å². The maximum absolute atomic E-state index is 2.55. The van der Waals surface area contributed by atoms with Gasteiger partial charge >= 0.3 is 0 Å². The van der Waals surface area contributed by atoms with E-state index in [4.69, 9.17) is 0 Å². The van der Waals surface area contributed by atoms with Crippen LogP contribution in [0, 0.1) is 0 Å². The Bertz CT molecular complexity index is 2330. The molecule has 0 bridgehead atoms. The van der Waals surface area contributed by atoms with Crippen LogP contribution in [-0.4, -0.2) is 6.04 Å². The van der Waals surface area contributed by atoms with E-state index in [1.165, 1.54) is 74.0 Å². The molecule has 43 heavy (non-hydrogen) atoms.